The van der Waals surface area contributed by atoms with E-state index in [-0.39, 0.29) is 17.0 Å². The number of hydrogen-bond donors (Lipinski definition) is 1. The average molecular weight is 240 g/mol. The van der Waals surface area contributed by atoms with Gasteiger partial charge in [-0.3, -0.25) is 4.79 Å². The molecule has 0 aliphatic carbocycles. The molecule has 0 aliphatic rings. The van der Waals surface area contributed by atoms with Crippen molar-refractivity contribution >= 4 is 17.7 Å². The third-order valence-corrected chi connectivity index (χ3v) is 3.12. The molecule has 1 rings (SSSR count). The van der Waals surface area contributed by atoms with Crippen LogP contribution in [0.4, 0.5) is 0 Å². The molecule has 16 heavy (non-hydrogen) atoms. The number of ether oxygens (including phenoxy) is 1. The largest absolute Gasteiger partial charge is 0.507 e. The molecule has 0 aromatic heterocycles. The maximum Gasteiger partial charge on any atom is 0.306 e. The van der Waals surface area contributed by atoms with Crippen LogP contribution >= 0.6 is 11.8 Å². The average Bonchev–Trinajstić information content (AvgIpc) is 2.21. The van der Waals surface area contributed by atoms with Gasteiger partial charge in [-0.1, -0.05) is 19.1 Å². The Bertz CT molecular complexity index is 352. The van der Waals surface area contributed by atoms with Crippen LogP contribution in [0.25, 0.3) is 0 Å². The smallest absolute Gasteiger partial charge is 0.306 e. The number of carbonyl (C=O) groups excluding carboxylic acids is 1. The molecule has 0 saturated carbocycles. The minimum absolute atomic E-state index is 0.0901. The quantitative estimate of drug-likeness (QED) is 0.635. The summed E-state index contributed by atoms with van der Waals surface area (Å²) in [6.45, 7) is 4.14. The van der Waals surface area contributed by atoms with Gasteiger partial charge in [0, 0.05) is 10.1 Å². The molecule has 0 heterocycles. The molecular weight excluding hydrogens is 224 g/mol. The zero-order valence-electron chi connectivity index (χ0n) is 9.47. The van der Waals surface area contributed by atoms with Gasteiger partial charge >= 0.3 is 5.97 Å². The Hall–Kier alpha value is -1.16. The number of rotatable bonds is 5. The van der Waals surface area contributed by atoms with Gasteiger partial charge in [0.25, 0.3) is 0 Å². The monoisotopic (exact) mass is 240 g/mol. The Labute approximate surface area is 99.8 Å². The Morgan fingerprint density at radius 2 is 2.19 bits per heavy atom. The lowest BCUT2D eigenvalue weighted by atomic mass is 10.3. The second-order valence-electron chi connectivity index (χ2n) is 3.41. The topological polar surface area (TPSA) is 46.5 Å². The van der Waals surface area contributed by atoms with Gasteiger partial charge in [-0.25, -0.2) is 0 Å². The van der Waals surface area contributed by atoms with E-state index in [1.807, 2.05) is 19.1 Å². The molecule has 0 radical (unpaired) electrons. The van der Waals surface area contributed by atoms with Gasteiger partial charge in [0.15, 0.2) is 0 Å². The third-order valence-electron chi connectivity index (χ3n) is 1.95. The normalized spacial score (nSPS) is 12.1. The van der Waals surface area contributed by atoms with Crippen LogP contribution < -0.4 is 0 Å². The van der Waals surface area contributed by atoms with Crippen LogP contribution in [-0.2, 0) is 9.53 Å². The van der Waals surface area contributed by atoms with E-state index in [1.54, 1.807) is 19.1 Å². The first-order valence-electron chi connectivity index (χ1n) is 5.23. The number of phenolic OH excluding ortho intramolecular Hbond substituents is 1. The SMILES string of the molecule is CCOC(=O)CC(C)Sc1ccccc1O. The van der Waals surface area contributed by atoms with Crippen molar-refractivity contribution in [2.45, 2.75) is 30.4 Å². The first-order valence-corrected chi connectivity index (χ1v) is 6.11. The molecule has 0 aliphatic heterocycles. The van der Waals surface area contributed by atoms with E-state index in [0.717, 1.165) is 4.90 Å². The summed E-state index contributed by atoms with van der Waals surface area (Å²) in [7, 11) is 0. The summed E-state index contributed by atoms with van der Waals surface area (Å²) in [4.78, 5) is 12.0. The summed E-state index contributed by atoms with van der Waals surface area (Å²) in [5, 5.41) is 9.65. The number of esters is 1. The highest BCUT2D eigenvalue weighted by molar-refractivity contribution is 8.00. The minimum atomic E-state index is -0.196. The van der Waals surface area contributed by atoms with E-state index in [0.29, 0.717) is 13.0 Å². The predicted molar refractivity (Wildman–Crippen MR) is 64.7 cm³/mol. The molecule has 1 atom stereocenters. The lowest BCUT2D eigenvalue weighted by Gasteiger charge is -2.11. The van der Waals surface area contributed by atoms with Crippen LogP contribution in [0.15, 0.2) is 29.2 Å². The van der Waals surface area contributed by atoms with Crippen molar-refractivity contribution in [3.05, 3.63) is 24.3 Å². The van der Waals surface area contributed by atoms with Gasteiger partial charge in [-0.15, -0.1) is 11.8 Å². The molecular formula is C12H16O3S. The number of benzene rings is 1. The number of phenols is 1. The lowest BCUT2D eigenvalue weighted by Crippen LogP contribution is -2.10. The number of para-hydroxylation sites is 1. The second-order valence-corrected chi connectivity index (χ2v) is 4.89. The zero-order valence-corrected chi connectivity index (χ0v) is 10.3. The zero-order chi connectivity index (χ0) is 12.0. The first kappa shape index (κ1) is 12.9. The van der Waals surface area contributed by atoms with Crippen molar-refractivity contribution in [1.82, 2.24) is 0 Å². The van der Waals surface area contributed by atoms with Crippen molar-refractivity contribution in [2.75, 3.05) is 6.61 Å². The fraction of sp³-hybridized carbons (Fsp3) is 0.417. The fourth-order valence-corrected chi connectivity index (χ4v) is 2.27. The van der Waals surface area contributed by atoms with E-state index in [1.165, 1.54) is 11.8 Å². The molecule has 1 N–H and O–H groups in total. The van der Waals surface area contributed by atoms with Crippen molar-refractivity contribution in [3.63, 3.8) is 0 Å². The number of aromatic hydroxyl groups is 1. The summed E-state index contributed by atoms with van der Waals surface area (Å²) in [6.07, 6.45) is 0.354. The van der Waals surface area contributed by atoms with E-state index in [4.69, 9.17) is 4.74 Å². The summed E-state index contributed by atoms with van der Waals surface area (Å²) in [6, 6.07) is 7.11. The number of hydrogen-bond acceptors (Lipinski definition) is 4. The molecule has 1 unspecified atom stereocenters. The second kappa shape index (κ2) is 6.43. The van der Waals surface area contributed by atoms with Crippen LogP contribution in [0.3, 0.4) is 0 Å². The molecule has 1 aromatic rings. The minimum Gasteiger partial charge on any atom is -0.507 e. The molecule has 3 nitrogen and oxygen atoms in total. The van der Waals surface area contributed by atoms with Crippen LogP contribution in [0.1, 0.15) is 20.3 Å². The van der Waals surface area contributed by atoms with Gasteiger partial charge in [0.2, 0.25) is 0 Å². The van der Waals surface area contributed by atoms with Crippen LogP contribution in [-0.4, -0.2) is 22.9 Å². The summed E-state index contributed by atoms with van der Waals surface area (Å²) in [5.41, 5.74) is 0. The molecule has 88 valence electrons. The fourth-order valence-electron chi connectivity index (χ4n) is 1.27. The molecule has 1 aromatic carbocycles. The van der Waals surface area contributed by atoms with E-state index < -0.39 is 0 Å². The maximum atomic E-state index is 11.2. The highest BCUT2D eigenvalue weighted by Gasteiger charge is 2.12. The maximum absolute atomic E-state index is 11.2. The summed E-state index contributed by atoms with van der Waals surface area (Å²) < 4.78 is 4.87. The van der Waals surface area contributed by atoms with Crippen molar-refractivity contribution in [1.29, 1.82) is 0 Å². The summed E-state index contributed by atoms with van der Waals surface area (Å²) in [5.74, 6) is 0.0566. The van der Waals surface area contributed by atoms with Crippen LogP contribution in [0.2, 0.25) is 0 Å². The lowest BCUT2D eigenvalue weighted by molar-refractivity contribution is -0.142. The Morgan fingerprint density at radius 3 is 2.81 bits per heavy atom. The van der Waals surface area contributed by atoms with Gasteiger partial charge < -0.3 is 9.84 Å². The Balaban J connectivity index is 2.48. The van der Waals surface area contributed by atoms with E-state index in [2.05, 4.69) is 0 Å². The summed E-state index contributed by atoms with van der Waals surface area (Å²) >= 11 is 1.47. The highest BCUT2D eigenvalue weighted by atomic mass is 32.2. The predicted octanol–water partition coefficient (Wildman–Crippen LogP) is 2.83. The molecule has 0 amide bonds. The first-order chi connectivity index (χ1) is 7.63. The Morgan fingerprint density at radius 1 is 1.50 bits per heavy atom. The van der Waals surface area contributed by atoms with Gasteiger partial charge in [0.05, 0.1) is 13.0 Å². The molecule has 0 spiro atoms. The van der Waals surface area contributed by atoms with Gasteiger partial charge in [0.1, 0.15) is 5.75 Å². The van der Waals surface area contributed by atoms with Crippen molar-refractivity contribution in [2.24, 2.45) is 0 Å². The standard InChI is InChI=1S/C12H16O3S/c1-3-15-12(14)8-9(2)16-11-7-5-4-6-10(11)13/h4-7,9,13H,3,8H2,1-2H3. The molecule has 4 heteroatoms. The van der Waals surface area contributed by atoms with E-state index >= 15 is 0 Å². The Kier molecular flexibility index (Phi) is 5.19. The third kappa shape index (κ3) is 4.14. The molecule has 0 fully saturated rings. The van der Waals surface area contributed by atoms with Gasteiger partial charge in [-0.05, 0) is 19.1 Å². The van der Waals surface area contributed by atoms with Gasteiger partial charge in [-0.2, -0.15) is 0 Å². The van der Waals surface area contributed by atoms with Crippen molar-refractivity contribution in [3.8, 4) is 5.75 Å². The highest BCUT2D eigenvalue weighted by Crippen LogP contribution is 2.32. The van der Waals surface area contributed by atoms with Crippen molar-refractivity contribution < 1.29 is 14.6 Å². The number of carbonyl (C=O) groups is 1. The molecule has 0 bridgehead atoms. The van der Waals surface area contributed by atoms with Crippen LogP contribution in [0, 0.1) is 0 Å². The van der Waals surface area contributed by atoms with Crippen LogP contribution in [0.5, 0.6) is 5.75 Å². The number of thioether (sulfide) groups is 1. The molecule has 0 saturated heterocycles. The van der Waals surface area contributed by atoms with E-state index in [9.17, 15) is 9.90 Å².